The first-order chi connectivity index (χ1) is 7.93. The first kappa shape index (κ1) is 12.8. The van der Waals surface area contributed by atoms with Gasteiger partial charge in [-0.25, -0.2) is 9.18 Å². The van der Waals surface area contributed by atoms with Crippen molar-refractivity contribution in [1.82, 2.24) is 4.90 Å². The molecule has 0 spiro atoms. The maximum atomic E-state index is 13.3. The van der Waals surface area contributed by atoms with Crippen molar-refractivity contribution in [3.8, 4) is 0 Å². The summed E-state index contributed by atoms with van der Waals surface area (Å²) >= 11 is 0. The van der Waals surface area contributed by atoms with Gasteiger partial charge in [-0.1, -0.05) is 6.07 Å². The molecule has 6 heteroatoms. The molecular formula is C11H11FN2O3. The molecule has 0 atom stereocenters. The predicted molar refractivity (Wildman–Crippen MR) is 59.9 cm³/mol. The molecule has 0 aliphatic rings. The molecule has 0 heterocycles. The second-order valence-corrected chi connectivity index (χ2v) is 3.48. The summed E-state index contributed by atoms with van der Waals surface area (Å²) in [5.74, 6) is -3.24. The minimum absolute atomic E-state index is 0.268. The highest BCUT2D eigenvalue weighted by molar-refractivity contribution is 6.07. The van der Waals surface area contributed by atoms with Crippen LogP contribution in [0.3, 0.4) is 0 Å². The lowest BCUT2D eigenvalue weighted by atomic mass is 10.1. The minimum Gasteiger partial charge on any atom is -0.478 e. The molecule has 0 saturated carbocycles. The van der Waals surface area contributed by atoms with Crippen molar-refractivity contribution in [3.63, 3.8) is 0 Å². The lowest BCUT2D eigenvalue weighted by Crippen LogP contribution is -2.13. The van der Waals surface area contributed by atoms with Crippen LogP contribution in [0.25, 0.3) is 0 Å². The van der Waals surface area contributed by atoms with Gasteiger partial charge in [-0.3, -0.25) is 4.79 Å². The number of nitrogens with zero attached hydrogens (tertiary/aromatic N) is 2. The number of aliphatic imine (C=N–C) groups is 1. The molecular weight excluding hydrogens is 227 g/mol. The molecule has 0 fully saturated rings. The highest BCUT2D eigenvalue weighted by atomic mass is 19.1. The van der Waals surface area contributed by atoms with Crippen LogP contribution in [0.15, 0.2) is 23.2 Å². The first-order valence-electron chi connectivity index (χ1n) is 4.70. The van der Waals surface area contributed by atoms with Gasteiger partial charge < -0.3 is 10.0 Å². The minimum atomic E-state index is -1.49. The topological polar surface area (TPSA) is 70.0 Å². The van der Waals surface area contributed by atoms with Gasteiger partial charge in [0.1, 0.15) is 11.4 Å². The van der Waals surface area contributed by atoms with Crippen LogP contribution in [-0.2, 0) is 0 Å². The van der Waals surface area contributed by atoms with E-state index in [0.717, 1.165) is 6.07 Å². The molecule has 0 aliphatic carbocycles. The van der Waals surface area contributed by atoms with Crippen LogP contribution in [0.4, 0.5) is 4.39 Å². The van der Waals surface area contributed by atoms with Crippen LogP contribution < -0.4 is 0 Å². The lowest BCUT2D eigenvalue weighted by Gasteiger charge is -2.04. The number of amides is 1. The van der Waals surface area contributed by atoms with Gasteiger partial charge in [0.05, 0.1) is 11.9 Å². The Morgan fingerprint density at radius 1 is 1.41 bits per heavy atom. The predicted octanol–water partition coefficient (Wildman–Crippen LogP) is 1.25. The summed E-state index contributed by atoms with van der Waals surface area (Å²) in [6.07, 6.45) is 1.22. The number of aromatic carboxylic acids is 1. The molecule has 0 aliphatic heterocycles. The number of carbonyl (C=O) groups is 2. The SMILES string of the molecule is CN(C)C=NC(=O)c1cccc(F)c1C(=O)O. The number of halogens is 1. The van der Waals surface area contributed by atoms with E-state index < -0.39 is 23.3 Å². The summed E-state index contributed by atoms with van der Waals surface area (Å²) in [5.41, 5.74) is -0.927. The third-order valence-electron chi connectivity index (χ3n) is 1.86. The van der Waals surface area contributed by atoms with Crippen molar-refractivity contribution in [2.75, 3.05) is 14.1 Å². The Labute approximate surface area is 97.2 Å². The van der Waals surface area contributed by atoms with E-state index in [-0.39, 0.29) is 5.56 Å². The molecule has 0 unspecified atom stereocenters. The van der Waals surface area contributed by atoms with Crippen LogP contribution >= 0.6 is 0 Å². The van der Waals surface area contributed by atoms with Gasteiger partial charge in [0.2, 0.25) is 0 Å². The van der Waals surface area contributed by atoms with Gasteiger partial charge in [0.15, 0.2) is 0 Å². The maximum absolute atomic E-state index is 13.3. The van der Waals surface area contributed by atoms with Crippen molar-refractivity contribution in [3.05, 3.63) is 35.1 Å². The Morgan fingerprint density at radius 3 is 2.59 bits per heavy atom. The van der Waals surface area contributed by atoms with Crippen molar-refractivity contribution in [2.45, 2.75) is 0 Å². The molecule has 1 N–H and O–H groups in total. The number of hydrogen-bond acceptors (Lipinski definition) is 2. The molecule has 1 aromatic rings. The van der Waals surface area contributed by atoms with Crippen LogP contribution in [0.1, 0.15) is 20.7 Å². The van der Waals surface area contributed by atoms with E-state index in [1.807, 2.05) is 0 Å². The smallest absolute Gasteiger partial charge is 0.339 e. The third kappa shape index (κ3) is 3.10. The molecule has 0 aromatic heterocycles. The monoisotopic (exact) mass is 238 g/mol. The standard InChI is InChI=1S/C11H11FN2O3/c1-14(2)6-13-10(15)7-4-3-5-8(12)9(7)11(16)17/h3-6H,1-2H3,(H,16,17). The summed E-state index contributed by atoms with van der Waals surface area (Å²) in [5, 5.41) is 8.82. The average Bonchev–Trinajstić information content (AvgIpc) is 2.24. The van der Waals surface area contributed by atoms with E-state index in [1.165, 1.54) is 23.4 Å². The van der Waals surface area contributed by atoms with Crippen LogP contribution in [0, 0.1) is 5.82 Å². The summed E-state index contributed by atoms with van der Waals surface area (Å²) in [6, 6.07) is 3.47. The normalized spacial score (nSPS) is 10.5. The summed E-state index contributed by atoms with van der Waals surface area (Å²) in [6.45, 7) is 0. The number of carboxylic acids is 1. The van der Waals surface area contributed by atoms with Gasteiger partial charge in [0, 0.05) is 14.1 Å². The van der Waals surface area contributed by atoms with E-state index in [1.54, 1.807) is 14.1 Å². The third-order valence-corrected chi connectivity index (χ3v) is 1.86. The van der Waals surface area contributed by atoms with Gasteiger partial charge in [-0.15, -0.1) is 0 Å². The van der Waals surface area contributed by atoms with Gasteiger partial charge >= 0.3 is 5.97 Å². The first-order valence-corrected chi connectivity index (χ1v) is 4.70. The van der Waals surface area contributed by atoms with E-state index in [9.17, 15) is 14.0 Å². The van der Waals surface area contributed by atoms with E-state index in [2.05, 4.69) is 4.99 Å². The molecule has 1 aromatic carbocycles. The maximum Gasteiger partial charge on any atom is 0.339 e. The number of carbonyl (C=O) groups excluding carboxylic acids is 1. The number of benzene rings is 1. The quantitative estimate of drug-likeness (QED) is 0.635. The van der Waals surface area contributed by atoms with E-state index in [0.29, 0.717) is 0 Å². The zero-order valence-corrected chi connectivity index (χ0v) is 9.35. The summed E-state index contributed by atoms with van der Waals surface area (Å²) in [7, 11) is 3.31. The fourth-order valence-electron chi connectivity index (χ4n) is 1.16. The van der Waals surface area contributed by atoms with Crippen molar-refractivity contribution in [1.29, 1.82) is 0 Å². The molecule has 0 radical (unpaired) electrons. The molecule has 0 bridgehead atoms. The highest BCUT2D eigenvalue weighted by Crippen LogP contribution is 2.14. The second-order valence-electron chi connectivity index (χ2n) is 3.48. The Kier molecular flexibility index (Phi) is 3.92. The Morgan fingerprint density at radius 2 is 2.06 bits per heavy atom. The number of rotatable bonds is 3. The van der Waals surface area contributed by atoms with Gasteiger partial charge in [0.25, 0.3) is 5.91 Å². The fraction of sp³-hybridized carbons (Fsp3) is 0.182. The van der Waals surface area contributed by atoms with Gasteiger partial charge in [-0.05, 0) is 12.1 Å². The van der Waals surface area contributed by atoms with Crippen molar-refractivity contribution < 1.29 is 19.1 Å². The molecule has 0 saturated heterocycles. The summed E-state index contributed by atoms with van der Waals surface area (Å²) in [4.78, 5) is 27.4. The number of carboxylic acid groups (broad SMARTS) is 1. The molecule has 1 rings (SSSR count). The fourth-order valence-corrected chi connectivity index (χ4v) is 1.16. The van der Waals surface area contributed by atoms with Crippen molar-refractivity contribution >= 4 is 18.2 Å². The molecule has 90 valence electrons. The van der Waals surface area contributed by atoms with Crippen LogP contribution in [-0.4, -0.2) is 42.3 Å². The number of hydrogen-bond donors (Lipinski definition) is 1. The molecule has 5 nitrogen and oxygen atoms in total. The lowest BCUT2D eigenvalue weighted by molar-refractivity contribution is 0.0687. The molecule has 1 amide bonds. The van der Waals surface area contributed by atoms with Crippen LogP contribution in [0.5, 0.6) is 0 Å². The van der Waals surface area contributed by atoms with E-state index >= 15 is 0 Å². The molecule has 17 heavy (non-hydrogen) atoms. The second kappa shape index (κ2) is 5.20. The zero-order chi connectivity index (χ0) is 13.0. The van der Waals surface area contributed by atoms with Crippen LogP contribution in [0.2, 0.25) is 0 Å². The van der Waals surface area contributed by atoms with E-state index in [4.69, 9.17) is 5.11 Å². The Bertz CT molecular complexity index is 484. The largest absolute Gasteiger partial charge is 0.478 e. The summed E-state index contributed by atoms with van der Waals surface area (Å²) < 4.78 is 13.3. The Hall–Kier alpha value is -2.24. The van der Waals surface area contributed by atoms with Crippen molar-refractivity contribution in [2.24, 2.45) is 4.99 Å². The average molecular weight is 238 g/mol. The Balaban J connectivity index is 3.18. The highest BCUT2D eigenvalue weighted by Gasteiger charge is 2.19. The van der Waals surface area contributed by atoms with Gasteiger partial charge in [-0.2, -0.15) is 4.99 Å². The zero-order valence-electron chi connectivity index (χ0n) is 9.35.